The van der Waals surface area contributed by atoms with Crippen LogP contribution in [0.4, 0.5) is 18.9 Å². The number of halogens is 3. The van der Waals surface area contributed by atoms with Crippen LogP contribution in [0.2, 0.25) is 0 Å². The average molecular weight is 385 g/mol. The van der Waals surface area contributed by atoms with Crippen molar-refractivity contribution in [3.63, 3.8) is 0 Å². The molecule has 1 unspecified atom stereocenters. The molecule has 0 aromatic heterocycles. The number of aldehydes is 1. The number of hydrogen-bond acceptors (Lipinski definition) is 5. The van der Waals surface area contributed by atoms with Crippen LogP contribution in [0.5, 0.6) is 0 Å². The van der Waals surface area contributed by atoms with Gasteiger partial charge in [-0.2, -0.15) is 18.1 Å². The Morgan fingerprint density at radius 1 is 1.12 bits per heavy atom. The number of carbonyl (C=O) groups is 1. The standard InChI is InChI=1S/C18H22F3N3OS/c1-22-6-8-23(9-7-22)15-5-3-2-4-14(15)12-17-16(13-25)24(10-11-26-17)18(19,20)21/h2-5,12-13,16H,6-11H2,1H3. The predicted octanol–water partition coefficient (Wildman–Crippen LogP) is 2.92. The van der Waals surface area contributed by atoms with Gasteiger partial charge in [-0.05, 0) is 24.8 Å². The van der Waals surface area contributed by atoms with Gasteiger partial charge in [0.25, 0.3) is 0 Å². The van der Waals surface area contributed by atoms with Gasteiger partial charge in [-0.1, -0.05) is 18.2 Å². The Bertz CT molecular complexity index is 672. The topological polar surface area (TPSA) is 26.8 Å². The number of likely N-dealkylation sites (N-methyl/N-ethyl adjacent to an activating group) is 1. The molecular weight excluding hydrogens is 363 g/mol. The zero-order valence-corrected chi connectivity index (χ0v) is 15.4. The number of hydrogen-bond donors (Lipinski definition) is 0. The van der Waals surface area contributed by atoms with Gasteiger partial charge >= 0.3 is 6.30 Å². The molecule has 0 bridgehead atoms. The third-order valence-electron chi connectivity index (χ3n) is 4.76. The highest BCUT2D eigenvalue weighted by molar-refractivity contribution is 8.03. The zero-order chi connectivity index (χ0) is 18.7. The van der Waals surface area contributed by atoms with Crippen molar-refractivity contribution >= 4 is 29.8 Å². The highest BCUT2D eigenvalue weighted by atomic mass is 32.2. The molecule has 8 heteroatoms. The maximum absolute atomic E-state index is 13.2. The first-order valence-corrected chi connectivity index (χ1v) is 9.54. The lowest BCUT2D eigenvalue weighted by molar-refractivity contribution is -0.249. The van der Waals surface area contributed by atoms with Crippen molar-refractivity contribution in [2.45, 2.75) is 12.3 Å². The zero-order valence-electron chi connectivity index (χ0n) is 14.6. The Labute approximate surface area is 155 Å². The Kier molecular flexibility index (Phi) is 5.94. The first-order chi connectivity index (χ1) is 12.4. The molecule has 1 aromatic rings. The van der Waals surface area contributed by atoms with E-state index in [4.69, 9.17) is 0 Å². The maximum atomic E-state index is 13.2. The van der Waals surface area contributed by atoms with E-state index in [2.05, 4.69) is 16.8 Å². The molecule has 2 saturated heterocycles. The van der Waals surface area contributed by atoms with Crippen LogP contribution in [0.3, 0.4) is 0 Å². The summed E-state index contributed by atoms with van der Waals surface area (Å²) >= 11 is 1.33. The number of rotatable bonds is 3. The Morgan fingerprint density at radius 3 is 2.46 bits per heavy atom. The second-order valence-electron chi connectivity index (χ2n) is 6.49. The molecule has 2 heterocycles. The van der Waals surface area contributed by atoms with Gasteiger partial charge in [-0.25, -0.2) is 0 Å². The number of alkyl halides is 3. The number of piperazine rings is 1. The molecule has 0 saturated carbocycles. The van der Waals surface area contributed by atoms with E-state index >= 15 is 0 Å². The van der Waals surface area contributed by atoms with Crippen LogP contribution < -0.4 is 4.90 Å². The first-order valence-electron chi connectivity index (χ1n) is 8.56. The van der Waals surface area contributed by atoms with E-state index in [9.17, 15) is 18.0 Å². The molecule has 4 nitrogen and oxygen atoms in total. The van der Waals surface area contributed by atoms with E-state index in [1.165, 1.54) is 11.8 Å². The number of anilines is 1. The summed E-state index contributed by atoms with van der Waals surface area (Å²) in [6, 6.07) is 6.42. The summed E-state index contributed by atoms with van der Waals surface area (Å²) in [7, 11) is 2.07. The second-order valence-corrected chi connectivity index (χ2v) is 7.65. The Morgan fingerprint density at radius 2 is 1.81 bits per heavy atom. The number of para-hydroxylation sites is 1. The highest BCUT2D eigenvalue weighted by Crippen LogP contribution is 2.37. The summed E-state index contributed by atoms with van der Waals surface area (Å²) < 4.78 is 39.6. The van der Waals surface area contributed by atoms with Gasteiger partial charge in [0.15, 0.2) is 0 Å². The van der Waals surface area contributed by atoms with Crippen molar-refractivity contribution in [3.8, 4) is 0 Å². The molecule has 0 radical (unpaired) electrons. The summed E-state index contributed by atoms with van der Waals surface area (Å²) in [6.07, 6.45) is -2.37. The van der Waals surface area contributed by atoms with E-state index in [1.54, 1.807) is 6.08 Å². The molecule has 0 N–H and O–H groups in total. The normalized spacial score (nSPS) is 24.8. The molecule has 3 rings (SSSR count). The lowest BCUT2D eigenvalue weighted by Gasteiger charge is -2.36. The maximum Gasteiger partial charge on any atom is 0.460 e. The molecule has 2 aliphatic rings. The first kappa shape index (κ1) is 19.3. The molecule has 142 valence electrons. The van der Waals surface area contributed by atoms with Crippen LogP contribution in [0.15, 0.2) is 29.2 Å². The fraction of sp³-hybridized carbons (Fsp3) is 0.500. The van der Waals surface area contributed by atoms with Crippen LogP contribution >= 0.6 is 11.8 Å². The highest BCUT2D eigenvalue weighted by Gasteiger charge is 2.44. The molecule has 0 spiro atoms. The molecule has 26 heavy (non-hydrogen) atoms. The molecule has 0 amide bonds. The SMILES string of the molecule is CN1CCN(c2ccccc2C=C2SCCN(C(F)(F)F)C2C=O)CC1. The quantitative estimate of drug-likeness (QED) is 0.589. The van der Waals surface area contributed by atoms with E-state index in [0.717, 1.165) is 37.4 Å². The summed E-state index contributed by atoms with van der Waals surface area (Å²) in [5.74, 6) is 0.312. The van der Waals surface area contributed by atoms with Gasteiger partial charge in [0.05, 0.1) is 0 Å². The monoisotopic (exact) mass is 385 g/mol. The van der Waals surface area contributed by atoms with Gasteiger partial charge in [0, 0.05) is 49.1 Å². The predicted molar refractivity (Wildman–Crippen MR) is 99.2 cm³/mol. The number of nitrogens with zero attached hydrogens (tertiary/aromatic N) is 3. The van der Waals surface area contributed by atoms with Gasteiger partial charge in [0.1, 0.15) is 12.3 Å². The fourth-order valence-electron chi connectivity index (χ4n) is 3.29. The van der Waals surface area contributed by atoms with E-state index < -0.39 is 12.3 Å². The van der Waals surface area contributed by atoms with Crippen LogP contribution in [-0.2, 0) is 4.79 Å². The molecule has 0 aliphatic carbocycles. The van der Waals surface area contributed by atoms with Gasteiger partial charge in [0.2, 0.25) is 0 Å². The molecular formula is C18H22F3N3OS. The number of benzene rings is 1. The van der Waals surface area contributed by atoms with Crippen LogP contribution in [0.25, 0.3) is 6.08 Å². The smallest absolute Gasteiger partial charge is 0.368 e. The average Bonchev–Trinajstić information content (AvgIpc) is 2.62. The van der Waals surface area contributed by atoms with Gasteiger partial charge in [-0.3, -0.25) is 0 Å². The van der Waals surface area contributed by atoms with Crippen molar-refractivity contribution in [2.24, 2.45) is 0 Å². The number of carbonyl (C=O) groups excluding carboxylic acids is 1. The molecule has 1 aromatic carbocycles. The van der Waals surface area contributed by atoms with E-state index in [1.807, 2.05) is 24.3 Å². The van der Waals surface area contributed by atoms with Crippen molar-refractivity contribution in [1.29, 1.82) is 0 Å². The van der Waals surface area contributed by atoms with Crippen molar-refractivity contribution in [3.05, 3.63) is 34.7 Å². The molecule has 1 atom stereocenters. The van der Waals surface area contributed by atoms with E-state index in [-0.39, 0.29) is 6.54 Å². The minimum absolute atomic E-state index is 0.172. The van der Waals surface area contributed by atoms with Crippen LogP contribution in [-0.4, -0.2) is 74.0 Å². The fourth-order valence-corrected chi connectivity index (χ4v) is 4.38. The third kappa shape index (κ3) is 4.24. The lowest BCUT2D eigenvalue weighted by atomic mass is 10.1. The Balaban J connectivity index is 1.90. The van der Waals surface area contributed by atoms with Gasteiger partial charge < -0.3 is 14.6 Å². The van der Waals surface area contributed by atoms with Crippen LogP contribution in [0, 0.1) is 0 Å². The molecule has 2 aliphatic heterocycles. The summed E-state index contributed by atoms with van der Waals surface area (Å²) in [6.45, 7) is 3.46. The van der Waals surface area contributed by atoms with Crippen LogP contribution in [0.1, 0.15) is 5.56 Å². The largest absolute Gasteiger partial charge is 0.460 e. The molecule has 2 fully saturated rings. The Hall–Kier alpha value is -1.51. The minimum Gasteiger partial charge on any atom is -0.368 e. The van der Waals surface area contributed by atoms with Gasteiger partial charge in [-0.15, -0.1) is 11.8 Å². The summed E-state index contributed by atoms with van der Waals surface area (Å²) in [5.41, 5.74) is 1.86. The summed E-state index contributed by atoms with van der Waals surface area (Å²) in [4.78, 5) is 16.7. The van der Waals surface area contributed by atoms with Crippen molar-refractivity contribution in [1.82, 2.24) is 9.80 Å². The lowest BCUT2D eigenvalue weighted by Crippen LogP contribution is -2.50. The van der Waals surface area contributed by atoms with E-state index in [0.29, 0.717) is 21.8 Å². The van der Waals surface area contributed by atoms with Crippen molar-refractivity contribution < 1.29 is 18.0 Å². The van der Waals surface area contributed by atoms with Crippen molar-refractivity contribution in [2.75, 3.05) is 50.4 Å². The number of thioether (sulfide) groups is 1. The second kappa shape index (κ2) is 8.02. The third-order valence-corrected chi connectivity index (χ3v) is 5.84. The summed E-state index contributed by atoms with van der Waals surface area (Å²) in [5, 5.41) is 0. The minimum atomic E-state index is -4.51.